The Kier molecular flexibility index (Phi) is 19.7. The zero-order valence-electron chi connectivity index (χ0n) is 51.3. The van der Waals surface area contributed by atoms with Crippen molar-refractivity contribution in [2.75, 3.05) is 89.1 Å². The van der Waals surface area contributed by atoms with Crippen molar-refractivity contribution >= 4 is 33.8 Å². The zero-order valence-corrected chi connectivity index (χ0v) is 51.3. The van der Waals surface area contributed by atoms with Crippen molar-refractivity contribution in [1.82, 2.24) is 63.4 Å². The first-order chi connectivity index (χ1) is 42.1. The van der Waals surface area contributed by atoms with Crippen LogP contribution in [0.25, 0.3) is 16.7 Å². The van der Waals surface area contributed by atoms with Gasteiger partial charge in [-0.25, -0.2) is 17.6 Å². The third-order valence-electron chi connectivity index (χ3n) is 18.9. The van der Waals surface area contributed by atoms with Gasteiger partial charge in [0.25, 0.3) is 6.43 Å². The lowest BCUT2D eigenvalue weighted by Crippen LogP contribution is -2.65. The summed E-state index contributed by atoms with van der Waals surface area (Å²) in [4.78, 5) is 2.04. The van der Waals surface area contributed by atoms with Crippen LogP contribution in [-0.2, 0) is 19.3 Å². The first-order valence-corrected chi connectivity index (χ1v) is 32.1. The SMILES string of the molecule is CNC1CC(C)NC(Nc2cc3c(c(C4=CCN[C@H](C(F)F)CC4)c2F)OC(CNC2CC(C)NC(Nc4cc5c(c(C6=CCNCCC6)c4C)OCC(CNC4CC(C)NC(Nc6cc7c(c(C8=CCN(C)C[C@@H](O)C8)c6F)OCC7)N4)C5)N2)C3)N1. The van der Waals surface area contributed by atoms with Gasteiger partial charge in [-0.15, -0.1) is 0 Å². The molecule has 0 aromatic heterocycles. The smallest absolute Gasteiger partial charge is 0.253 e. The Labute approximate surface area is 509 Å². The number of aliphatic hydroxyl groups excluding tert-OH is 1. The summed E-state index contributed by atoms with van der Waals surface area (Å²) >= 11 is 0. The van der Waals surface area contributed by atoms with E-state index < -0.39 is 37.0 Å². The van der Waals surface area contributed by atoms with E-state index in [1.165, 1.54) is 11.1 Å². The second-order valence-electron chi connectivity index (χ2n) is 25.9. The average Bonchev–Trinajstić information content (AvgIpc) is 2.04. The normalized spacial score (nSPS) is 31.3. The molecule has 3 fully saturated rings. The molecule has 0 saturated carbocycles. The molecule has 0 bridgehead atoms. The van der Waals surface area contributed by atoms with Gasteiger partial charge >= 0.3 is 0 Å². The number of allylic oxidation sites excluding steroid dienone is 2. The van der Waals surface area contributed by atoms with Crippen molar-refractivity contribution in [3.05, 3.63) is 87.0 Å². The maximum absolute atomic E-state index is 17.1. The summed E-state index contributed by atoms with van der Waals surface area (Å²) in [6.45, 7) is 14.0. The fourth-order valence-corrected chi connectivity index (χ4v) is 14.5. The summed E-state index contributed by atoms with van der Waals surface area (Å²) in [7, 11) is 3.86. The average molecular weight is 1210 g/mol. The van der Waals surface area contributed by atoms with Crippen LogP contribution >= 0.6 is 0 Å². The van der Waals surface area contributed by atoms with E-state index in [1.54, 1.807) is 0 Å². The maximum atomic E-state index is 17.1. The number of hydrogen-bond acceptors (Lipinski definition) is 19. The number of fused-ring (bicyclic) bond motifs is 3. The molecule has 12 rings (SSSR count). The zero-order chi connectivity index (χ0) is 60.5. The second-order valence-corrected chi connectivity index (χ2v) is 25.9. The molecule has 0 radical (unpaired) electrons. The van der Waals surface area contributed by atoms with Crippen molar-refractivity contribution in [2.24, 2.45) is 5.92 Å². The van der Waals surface area contributed by atoms with Gasteiger partial charge < -0.3 is 61.4 Å². The molecule has 9 aliphatic rings. The van der Waals surface area contributed by atoms with E-state index in [-0.39, 0.29) is 80.1 Å². The van der Waals surface area contributed by atoms with Gasteiger partial charge in [0.2, 0.25) is 0 Å². The molecule has 13 atom stereocenters. The topological polar surface area (TPSA) is 220 Å². The molecular weight excluding hydrogens is 1120 g/mol. The van der Waals surface area contributed by atoms with Crippen molar-refractivity contribution in [3.63, 3.8) is 0 Å². The van der Waals surface area contributed by atoms with E-state index in [0.29, 0.717) is 98.2 Å². The number of aliphatic hydroxyl groups is 1. The van der Waals surface area contributed by atoms with Crippen LogP contribution in [0.2, 0.25) is 0 Å². The number of β-amino-alcohol motifs (C(OH)–C–C–N with tert-alkyl or cyclic N) is 1. The molecule has 3 aromatic rings. The predicted molar refractivity (Wildman–Crippen MR) is 335 cm³/mol. The van der Waals surface area contributed by atoms with Crippen molar-refractivity contribution in [2.45, 2.75) is 178 Å². The fraction of sp³-hybridized carbons (Fsp3) is 0.625. The standard InChI is InChI=1S/C64H93F4N15O4/c1-33-20-50(69-5)80-63(74-33)79-49-28-43-25-45(87-60(43)54(56(49)65)39-9-10-46(61(67)68)71-17-12-39)30-73-52-22-35(3)75-62(82-52)77-47-27-42-23-37(32-86-59(42)53(36(47)4)38-8-7-15-70-16-11-38)29-72-51-21-34(2)76-64(81-51)78-48-26-41-14-19-85-58(41)55(57(48)66)40-13-18-83(6)31-44(84)24-40/h11-13,26-28,33-35,37,44-46,50-52,61-64,69-82,84H,7-10,14-25,29-32H2,1-6H3/t33?,34?,35?,37?,44-,45?,46-,50?,51?,52?,62?,63?,64?/m0/s1. The Morgan fingerprint density at radius 1 is 0.667 bits per heavy atom. The van der Waals surface area contributed by atoms with Gasteiger partial charge in [-0.1, -0.05) is 18.2 Å². The van der Waals surface area contributed by atoms with Crippen LogP contribution in [0.1, 0.15) is 111 Å². The molecule has 87 heavy (non-hydrogen) atoms. The van der Waals surface area contributed by atoms with Crippen LogP contribution in [0.4, 0.5) is 34.6 Å². The van der Waals surface area contributed by atoms with E-state index in [2.05, 4.69) is 114 Å². The van der Waals surface area contributed by atoms with Crippen LogP contribution < -0.4 is 88.6 Å². The van der Waals surface area contributed by atoms with Crippen molar-refractivity contribution in [3.8, 4) is 17.2 Å². The van der Waals surface area contributed by atoms with E-state index in [9.17, 15) is 13.9 Å². The van der Waals surface area contributed by atoms with Crippen LogP contribution in [-0.4, -0.2) is 163 Å². The monoisotopic (exact) mass is 1210 g/mol. The van der Waals surface area contributed by atoms with E-state index in [1.807, 2.05) is 43.3 Å². The molecule has 9 heterocycles. The van der Waals surface area contributed by atoms with Crippen LogP contribution in [0.15, 0.2) is 36.4 Å². The number of alkyl halides is 2. The summed E-state index contributed by atoms with van der Waals surface area (Å²) in [5.74, 6) is 1.39. The van der Waals surface area contributed by atoms with E-state index in [0.717, 1.165) is 90.9 Å². The number of anilines is 3. The quantitative estimate of drug-likeness (QED) is 0.0792. The highest BCUT2D eigenvalue weighted by atomic mass is 19.3. The predicted octanol–water partition coefficient (Wildman–Crippen LogP) is 5.09. The number of benzene rings is 3. The van der Waals surface area contributed by atoms with E-state index >= 15 is 8.78 Å². The fourth-order valence-electron chi connectivity index (χ4n) is 14.5. The van der Waals surface area contributed by atoms with Gasteiger partial charge in [0.1, 0.15) is 42.2 Å². The summed E-state index contributed by atoms with van der Waals surface area (Å²) in [5.41, 5.74) is 10.6. The molecular formula is C64H93F4N15O4. The van der Waals surface area contributed by atoms with E-state index in [4.69, 9.17) is 14.2 Å². The van der Waals surface area contributed by atoms with Crippen molar-refractivity contribution in [1.29, 1.82) is 0 Å². The van der Waals surface area contributed by atoms with Crippen molar-refractivity contribution < 1.29 is 36.9 Å². The molecule has 0 spiro atoms. The number of nitrogens with one attached hydrogen (secondary N) is 14. The van der Waals surface area contributed by atoms with Crippen LogP contribution in [0.5, 0.6) is 17.2 Å². The molecule has 476 valence electrons. The van der Waals surface area contributed by atoms with Gasteiger partial charge in [-0.2, -0.15) is 0 Å². The largest absolute Gasteiger partial charge is 0.492 e. The van der Waals surface area contributed by atoms with Gasteiger partial charge in [0.05, 0.1) is 66.4 Å². The lowest BCUT2D eigenvalue weighted by Gasteiger charge is -2.39. The molecule has 0 aliphatic carbocycles. The molecule has 3 aromatic carbocycles. The summed E-state index contributed by atoms with van der Waals surface area (Å²) in [5, 5.41) is 60.7. The second kappa shape index (κ2) is 27.5. The minimum Gasteiger partial charge on any atom is -0.492 e. The first-order valence-electron chi connectivity index (χ1n) is 32.1. The number of nitrogens with zero attached hydrogens (tertiary/aromatic N) is 1. The molecule has 23 heteroatoms. The minimum absolute atomic E-state index is 0.0289. The Morgan fingerprint density at radius 3 is 1.99 bits per heavy atom. The number of hydrogen-bond donors (Lipinski definition) is 15. The number of likely N-dealkylation sites (N-methyl/N-ethyl adjacent to an activating group) is 1. The molecule has 19 nitrogen and oxygen atoms in total. The number of ether oxygens (including phenoxy) is 3. The Hall–Kier alpha value is -5.12. The highest BCUT2D eigenvalue weighted by Crippen LogP contribution is 2.46. The highest BCUT2D eigenvalue weighted by Gasteiger charge is 2.37. The summed E-state index contributed by atoms with van der Waals surface area (Å²) in [6, 6.07) is 5.47. The third kappa shape index (κ3) is 14.4. The number of halogens is 4. The Bertz CT molecular complexity index is 3040. The van der Waals surface area contributed by atoms with Gasteiger partial charge in [0.15, 0.2) is 11.6 Å². The third-order valence-corrected chi connectivity index (χ3v) is 18.9. The van der Waals surface area contributed by atoms with Crippen LogP contribution in [0.3, 0.4) is 0 Å². The molecule has 9 aliphatic heterocycles. The lowest BCUT2D eigenvalue weighted by atomic mass is 9.87. The first kappa shape index (κ1) is 62.1. The summed E-state index contributed by atoms with van der Waals surface area (Å²) in [6.07, 6.45) is 8.82. The van der Waals surface area contributed by atoms with Gasteiger partial charge in [0, 0.05) is 105 Å². The molecule has 15 N–H and O–H groups in total. The van der Waals surface area contributed by atoms with Crippen LogP contribution in [0, 0.1) is 24.5 Å². The molecule has 3 saturated heterocycles. The maximum Gasteiger partial charge on any atom is 0.253 e. The molecule has 0 amide bonds. The van der Waals surface area contributed by atoms with Gasteiger partial charge in [-0.05, 0) is 146 Å². The number of rotatable bonds is 17. The Morgan fingerprint density at radius 2 is 1.28 bits per heavy atom. The highest BCUT2D eigenvalue weighted by molar-refractivity contribution is 5.81. The Balaban J connectivity index is 0.713. The molecule has 11 unspecified atom stereocenters. The minimum atomic E-state index is -2.52. The lowest BCUT2D eigenvalue weighted by molar-refractivity contribution is 0.0974. The van der Waals surface area contributed by atoms with Gasteiger partial charge in [-0.3, -0.25) is 37.2 Å². The summed E-state index contributed by atoms with van der Waals surface area (Å²) < 4.78 is 81.4.